The van der Waals surface area contributed by atoms with Gasteiger partial charge in [-0.25, -0.2) is 5.32 Å². The number of hydrogen-bond donors (Lipinski definition) is 3. The summed E-state index contributed by atoms with van der Waals surface area (Å²) in [6.07, 6.45) is 0. The van der Waals surface area contributed by atoms with E-state index in [2.05, 4.69) is 21.5 Å². The Morgan fingerprint density at radius 1 is 1.16 bits per heavy atom. The van der Waals surface area contributed by atoms with Gasteiger partial charge in [0.25, 0.3) is 0 Å². The number of aromatic amines is 1. The maximum absolute atomic E-state index is 8.92. The van der Waals surface area contributed by atoms with Crippen molar-refractivity contribution in [3.8, 4) is 23.3 Å². The van der Waals surface area contributed by atoms with Gasteiger partial charge >= 0.3 is 11.9 Å². The van der Waals surface area contributed by atoms with Crippen molar-refractivity contribution in [3.63, 3.8) is 0 Å². The average molecular weight is 337 g/mol. The second-order valence-electron chi connectivity index (χ2n) is 5.12. The maximum atomic E-state index is 8.92. The molecule has 3 rings (SSSR count). The zero-order valence-corrected chi connectivity index (χ0v) is 13.8. The van der Waals surface area contributed by atoms with Crippen molar-refractivity contribution in [1.82, 2.24) is 10.1 Å². The minimum Gasteiger partial charge on any atom is -0.497 e. The molecule has 0 aliphatic rings. The van der Waals surface area contributed by atoms with Crippen LogP contribution in [0.1, 0.15) is 5.56 Å². The SMILES string of the molecule is COc1ccc(OC)c(Nc2nc(N)[nH][n+]2-c2ccc(C#N)cc2)c1. The van der Waals surface area contributed by atoms with Crippen LogP contribution in [-0.4, -0.2) is 24.3 Å². The van der Waals surface area contributed by atoms with Crippen molar-refractivity contribution in [2.45, 2.75) is 0 Å². The molecule has 0 amide bonds. The molecular formula is C17H17N6O2+. The number of anilines is 3. The van der Waals surface area contributed by atoms with Crippen molar-refractivity contribution < 1.29 is 14.2 Å². The molecule has 1 aromatic heterocycles. The molecule has 0 radical (unpaired) electrons. The Kier molecular flexibility index (Phi) is 4.39. The highest BCUT2D eigenvalue weighted by Gasteiger charge is 2.21. The third-order valence-electron chi connectivity index (χ3n) is 3.57. The van der Waals surface area contributed by atoms with Gasteiger partial charge in [0.05, 0.1) is 25.9 Å². The lowest BCUT2D eigenvalue weighted by molar-refractivity contribution is -0.641. The van der Waals surface area contributed by atoms with E-state index in [0.717, 1.165) is 5.69 Å². The summed E-state index contributed by atoms with van der Waals surface area (Å²) < 4.78 is 12.3. The molecule has 0 bridgehead atoms. The second-order valence-corrected chi connectivity index (χ2v) is 5.12. The molecule has 4 N–H and O–H groups in total. The Bertz CT molecular complexity index is 927. The molecule has 0 unspecified atom stereocenters. The van der Waals surface area contributed by atoms with Crippen molar-refractivity contribution in [2.75, 3.05) is 25.3 Å². The molecule has 126 valence electrons. The van der Waals surface area contributed by atoms with E-state index in [4.69, 9.17) is 20.5 Å². The van der Waals surface area contributed by atoms with Gasteiger partial charge in [-0.15, -0.1) is 4.68 Å². The van der Waals surface area contributed by atoms with Crippen LogP contribution in [0, 0.1) is 11.3 Å². The number of nitrogens with zero attached hydrogens (tertiary/aromatic N) is 3. The summed E-state index contributed by atoms with van der Waals surface area (Å²) >= 11 is 0. The number of nitrogens with one attached hydrogen (secondary N) is 2. The largest absolute Gasteiger partial charge is 0.497 e. The van der Waals surface area contributed by atoms with Crippen LogP contribution in [-0.2, 0) is 0 Å². The van der Waals surface area contributed by atoms with Gasteiger partial charge in [-0.1, -0.05) is 0 Å². The van der Waals surface area contributed by atoms with Crippen molar-refractivity contribution >= 4 is 17.6 Å². The van der Waals surface area contributed by atoms with Crippen LogP contribution < -0.4 is 25.2 Å². The number of hydrogen-bond acceptors (Lipinski definition) is 6. The summed E-state index contributed by atoms with van der Waals surface area (Å²) in [5.74, 6) is 2.02. The number of methoxy groups -OCH3 is 2. The van der Waals surface area contributed by atoms with Crippen molar-refractivity contribution in [3.05, 3.63) is 48.0 Å². The van der Waals surface area contributed by atoms with Crippen LogP contribution >= 0.6 is 0 Å². The molecule has 0 saturated heterocycles. The fourth-order valence-corrected chi connectivity index (χ4v) is 2.34. The van der Waals surface area contributed by atoms with Crippen molar-refractivity contribution in [1.29, 1.82) is 5.26 Å². The number of benzene rings is 2. The van der Waals surface area contributed by atoms with E-state index in [1.165, 1.54) is 0 Å². The highest BCUT2D eigenvalue weighted by atomic mass is 16.5. The molecule has 1 heterocycles. The first kappa shape index (κ1) is 16.1. The first-order valence-corrected chi connectivity index (χ1v) is 7.41. The minimum absolute atomic E-state index is 0.244. The van der Waals surface area contributed by atoms with Gasteiger partial charge in [-0.3, -0.25) is 0 Å². The lowest BCUT2D eigenvalue weighted by atomic mass is 10.2. The van der Waals surface area contributed by atoms with Crippen LogP contribution in [0.15, 0.2) is 42.5 Å². The number of nitriles is 1. The molecule has 0 atom stereocenters. The van der Waals surface area contributed by atoms with Gasteiger partial charge in [-0.2, -0.15) is 10.4 Å². The fraction of sp³-hybridized carbons (Fsp3) is 0.118. The summed E-state index contributed by atoms with van der Waals surface area (Å²) in [7, 11) is 3.18. The second kappa shape index (κ2) is 6.80. The normalized spacial score (nSPS) is 10.1. The minimum atomic E-state index is 0.244. The molecule has 3 aromatic rings. The molecular weight excluding hydrogens is 320 g/mol. The smallest absolute Gasteiger partial charge is 0.423 e. The van der Waals surface area contributed by atoms with E-state index in [-0.39, 0.29) is 5.95 Å². The molecule has 0 spiro atoms. The molecule has 8 heteroatoms. The van der Waals surface area contributed by atoms with E-state index < -0.39 is 0 Å². The van der Waals surface area contributed by atoms with E-state index in [1.54, 1.807) is 61.4 Å². The van der Waals surface area contributed by atoms with Crippen LogP contribution in [0.4, 0.5) is 17.6 Å². The zero-order valence-electron chi connectivity index (χ0n) is 13.8. The van der Waals surface area contributed by atoms with Gasteiger partial charge in [0.15, 0.2) is 5.75 Å². The van der Waals surface area contributed by atoms with Crippen LogP contribution in [0.5, 0.6) is 11.5 Å². The average Bonchev–Trinajstić information content (AvgIpc) is 3.02. The Hall–Kier alpha value is -3.73. The summed E-state index contributed by atoms with van der Waals surface area (Å²) in [5, 5.41) is 15.1. The number of aromatic nitrogens is 3. The van der Waals surface area contributed by atoms with Gasteiger partial charge in [0, 0.05) is 6.07 Å². The lowest BCUT2D eigenvalue weighted by Crippen LogP contribution is -2.35. The molecule has 0 aliphatic carbocycles. The Balaban J connectivity index is 2.00. The fourth-order valence-electron chi connectivity index (χ4n) is 2.34. The monoisotopic (exact) mass is 337 g/mol. The van der Waals surface area contributed by atoms with Gasteiger partial charge < -0.3 is 15.2 Å². The lowest BCUT2D eigenvalue weighted by Gasteiger charge is -2.08. The van der Waals surface area contributed by atoms with E-state index in [1.807, 2.05) is 0 Å². The predicted octanol–water partition coefficient (Wildman–Crippen LogP) is 1.90. The molecule has 0 saturated carbocycles. The first-order chi connectivity index (χ1) is 12.1. The number of rotatable bonds is 5. The quantitative estimate of drug-likeness (QED) is 0.613. The molecule has 0 aliphatic heterocycles. The maximum Gasteiger partial charge on any atom is 0.423 e. The van der Waals surface area contributed by atoms with Gasteiger partial charge in [0.2, 0.25) is 0 Å². The van der Waals surface area contributed by atoms with E-state index >= 15 is 0 Å². The predicted molar refractivity (Wildman–Crippen MR) is 92.1 cm³/mol. The molecule has 2 aromatic carbocycles. The number of nitrogen functional groups attached to an aromatic ring is 1. The number of ether oxygens (including phenoxy) is 2. The van der Waals surface area contributed by atoms with E-state index in [9.17, 15) is 0 Å². The van der Waals surface area contributed by atoms with Crippen LogP contribution in [0.25, 0.3) is 5.69 Å². The highest BCUT2D eigenvalue weighted by molar-refractivity contribution is 5.64. The number of H-pyrrole nitrogens is 1. The molecule has 25 heavy (non-hydrogen) atoms. The topological polar surface area (TPSA) is 113 Å². The van der Waals surface area contributed by atoms with Crippen molar-refractivity contribution in [2.24, 2.45) is 0 Å². The Morgan fingerprint density at radius 3 is 2.56 bits per heavy atom. The third-order valence-corrected chi connectivity index (χ3v) is 3.57. The number of nitrogens with two attached hydrogens (primary N) is 1. The van der Waals surface area contributed by atoms with Crippen LogP contribution in [0.2, 0.25) is 0 Å². The first-order valence-electron chi connectivity index (χ1n) is 7.41. The van der Waals surface area contributed by atoms with Gasteiger partial charge in [0.1, 0.15) is 17.1 Å². The molecule has 8 nitrogen and oxygen atoms in total. The summed E-state index contributed by atoms with van der Waals surface area (Å²) in [6.45, 7) is 0. The Morgan fingerprint density at radius 2 is 1.92 bits per heavy atom. The Labute approximate surface area is 144 Å². The van der Waals surface area contributed by atoms with Crippen LogP contribution in [0.3, 0.4) is 0 Å². The zero-order chi connectivity index (χ0) is 17.8. The summed E-state index contributed by atoms with van der Waals surface area (Å²) in [5.41, 5.74) is 7.84. The van der Waals surface area contributed by atoms with Gasteiger partial charge in [-0.05, 0) is 41.4 Å². The molecule has 0 fully saturated rings. The highest BCUT2D eigenvalue weighted by Crippen LogP contribution is 2.30. The standard InChI is InChI=1S/C17H16N6O2/c1-24-13-7-8-15(25-2)14(9-13)20-17-21-16(19)22-23(17)12-5-3-11(10-18)4-6-12/h3-9H,1-2H3,(H3,19,20,21,22)/p+1. The summed E-state index contributed by atoms with van der Waals surface area (Å²) in [6, 6.07) is 14.5. The van der Waals surface area contributed by atoms with E-state index in [0.29, 0.717) is 28.7 Å². The third kappa shape index (κ3) is 3.30. The summed E-state index contributed by atoms with van der Waals surface area (Å²) in [4.78, 5) is 4.27.